The minimum Gasteiger partial charge on any atom is -0.390 e. The third kappa shape index (κ3) is 3.73. The highest BCUT2D eigenvalue weighted by molar-refractivity contribution is 5.74. The Labute approximate surface area is 163 Å². The maximum absolute atomic E-state index is 12.6. The van der Waals surface area contributed by atoms with Gasteiger partial charge in [0.15, 0.2) is 11.2 Å². The van der Waals surface area contributed by atoms with Crippen LogP contribution in [0.2, 0.25) is 0 Å². The van der Waals surface area contributed by atoms with Gasteiger partial charge in [-0.15, -0.1) is 0 Å². The number of hydrogen-bond acceptors (Lipinski definition) is 6. The molecular formula is C19H30N6O3. The monoisotopic (exact) mass is 390 g/mol. The number of β-amino-alcohol motifs (C(OH)–C–C–N with tert-alkyl or cyclic N) is 1. The quantitative estimate of drug-likeness (QED) is 0.760. The number of nitrogens with zero attached hydrogens (tertiary/aromatic N) is 5. The third-order valence-corrected chi connectivity index (χ3v) is 5.94. The van der Waals surface area contributed by atoms with E-state index in [4.69, 9.17) is 0 Å². The molecule has 9 heteroatoms. The molecular weight excluding hydrogens is 360 g/mol. The number of piperidine rings is 2. The van der Waals surface area contributed by atoms with Crippen LogP contribution in [0.15, 0.2) is 9.59 Å². The number of imidazole rings is 1. The molecule has 0 aliphatic carbocycles. The predicted molar refractivity (Wildman–Crippen MR) is 108 cm³/mol. The molecule has 4 rings (SSSR count). The van der Waals surface area contributed by atoms with Crippen molar-refractivity contribution in [1.29, 1.82) is 0 Å². The Balaban J connectivity index is 1.70. The summed E-state index contributed by atoms with van der Waals surface area (Å²) in [5.74, 6) is 0.680. The molecule has 2 N–H and O–H groups in total. The molecule has 0 bridgehead atoms. The molecule has 2 aliphatic rings. The molecule has 0 spiro atoms. The number of likely N-dealkylation sites (tertiary alicyclic amines) is 1. The van der Waals surface area contributed by atoms with Crippen LogP contribution < -0.4 is 16.1 Å². The van der Waals surface area contributed by atoms with E-state index in [1.807, 2.05) is 4.57 Å². The first kappa shape index (κ1) is 19.2. The first-order valence-electron chi connectivity index (χ1n) is 10.4. The Kier molecular flexibility index (Phi) is 5.54. The lowest BCUT2D eigenvalue weighted by Crippen LogP contribution is -2.39. The van der Waals surface area contributed by atoms with Gasteiger partial charge in [0.1, 0.15) is 0 Å². The van der Waals surface area contributed by atoms with Crippen molar-refractivity contribution in [3.05, 3.63) is 20.8 Å². The van der Waals surface area contributed by atoms with Crippen LogP contribution in [-0.4, -0.2) is 67.9 Å². The largest absolute Gasteiger partial charge is 0.390 e. The lowest BCUT2D eigenvalue weighted by Gasteiger charge is -2.30. The van der Waals surface area contributed by atoms with Crippen LogP contribution in [0, 0.1) is 0 Å². The standard InChI is InChI=1S/C19H30N6O3/c1-22-16-15(17(27)21-19(22)28)25(18(20-16)24-10-6-3-7-11-24)13-14(26)12-23-8-4-2-5-9-23/h14,26H,2-13H2,1H3,(H,21,27,28)/t14-/m0/s1. The number of rotatable bonds is 5. The Morgan fingerprint density at radius 2 is 1.64 bits per heavy atom. The second kappa shape index (κ2) is 8.08. The van der Waals surface area contributed by atoms with E-state index in [1.165, 1.54) is 30.3 Å². The topological polar surface area (TPSA) is 99.4 Å². The first-order valence-corrected chi connectivity index (χ1v) is 10.4. The van der Waals surface area contributed by atoms with Gasteiger partial charge < -0.3 is 19.5 Å². The van der Waals surface area contributed by atoms with E-state index in [2.05, 4.69) is 19.8 Å². The first-order chi connectivity index (χ1) is 13.5. The van der Waals surface area contributed by atoms with Gasteiger partial charge in [-0.2, -0.15) is 4.98 Å². The Hall–Kier alpha value is -2.13. The summed E-state index contributed by atoms with van der Waals surface area (Å²) < 4.78 is 3.19. The van der Waals surface area contributed by atoms with Crippen LogP contribution in [0.5, 0.6) is 0 Å². The molecule has 154 valence electrons. The minimum absolute atomic E-state index is 0.292. The van der Waals surface area contributed by atoms with E-state index in [0.29, 0.717) is 30.2 Å². The fraction of sp³-hybridized carbons (Fsp3) is 0.737. The van der Waals surface area contributed by atoms with Gasteiger partial charge in [-0.25, -0.2) is 4.79 Å². The van der Waals surface area contributed by atoms with E-state index < -0.39 is 17.4 Å². The van der Waals surface area contributed by atoms with Gasteiger partial charge in [0.2, 0.25) is 5.95 Å². The van der Waals surface area contributed by atoms with Crippen molar-refractivity contribution in [2.24, 2.45) is 7.05 Å². The van der Waals surface area contributed by atoms with Crippen LogP contribution >= 0.6 is 0 Å². The summed E-state index contributed by atoms with van der Waals surface area (Å²) in [6.07, 6.45) is 6.33. The summed E-state index contributed by atoms with van der Waals surface area (Å²) in [7, 11) is 1.61. The fourth-order valence-corrected chi connectivity index (χ4v) is 4.44. The highest BCUT2D eigenvalue weighted by atomic mass is 16.3. The van der Waals surface area contributed by atoms with E-state index in [1.54, 1.807) is 7.05 Å². The zero-order chi connectivity index (χ0) is 19.7. The van der Waals surface area contributed by atoms with Crippen molar-refractivity contribution in [2.75, 3.05) is 37.6 Å². The van der Waals surface area contributed by atoms with E-state index in [9.17, 15) is 14.7 Å². The van der Waals surface area contributed by atoms with Crippen LogP contribution in [0.4, 0.5) is 5.95 Å². The molecule has 0 amide bonds. The van der Waals surface area contributed by atoms with Gasteiger partial charge in [-0.3, -0.25) is 14.3 Å². The normalized spacial score (nSPS) is 20.0. The van der Waals surface area contributed by atoms with Gasteiger partial charge in [-0.1, -0.05) is 6.42 Å². The summed E-state index contributed by atoms with van der Waals surface area (Å²) >= 11 is 0. The molecule has 2 aromatic heterocycles. The zero-order valence-corrected chi connectivity index (χ0v) is 16.6. The lowest BCUT2D eigenvalue weighted by atomic mass is 10.1. The molecule has 2 aliphatic heterocycles. The molecule has 0 unspecified atom stereocenters. The van der Waals surface area contributed by atoms with Gasteiger partial charge in [0, 0.05) is 26.7 Å². The number of aliphatic hydroxyl groups is 1. The molecule has 0 radical (unpaired) electrons. The Bertz CT molecular complexity index is 934. The van der Waals surface area contributed by atoms with E-state index >= 15 is 0 Å². The minimum atomic E-state index is -0.601. The van der Waals surface area contributed by atoms with Crippen molar-refractivity contribution in [1.82, 2.24) is 24.0 Å². The van der Waals surface area contributed by atoms with Crippen molar-refractivity contribution >= 4 is 17.1 Å². The molecule has 9 nitrogen and oxygen atoms in total. The fourth-order valence-electron chi connectivity index (χ4n) is 4.44. The number of nitrogens with one attached hydrogen (secondary N) is 1. The van der Waals surface area contributed by atoms with Crippen molar-refractivity contribution in [3.63, 3.8) is 0 Å². The predicted octanol–water partition coefficient (Wildman–Crippen LogP) is 0.260. The molecule has 28 heavy (non-hydrogen) atoms. The highest BCUT2D eigenvalue weighted by Gasteiger charge is 2.25. The van der Waals surface area contributed by atoms with Crippen LogP contribution in [0.3, 0.4) is 0 Å². The highest BCUT2D eigenvalue weighted by Crippen LogP contribution is 2.23. The summed E-state index contributed by atoms with van der Waals surface area (Å²) in [4.78, 5) is 36.1. The smallest absolute Gasteiger partial charge is 0.329 e. The number of hydrogen-bond donors (Lipinski definition) is 2. The van der Waals surface area contributed by atoms with Crippen LogP contribution in [0.25, 0.3) is 11.2 Å². The Morgan fingerprint density at radius 1 is 1.00 bits per heavy atom. The molecule has 1 atom stereocenters. The number of fused-ring (bicyclic) bond motifs is 1. The second-order valence-corrected chi connectivity index (χ2v) is 8.08. The number of aryl methyl sites for hydroxylation is 1. The van der Waals surface area contributed by atoms with Crippen LogP contribution in [0.1, 0.15) is 38.5 Å². The molecule has 4 heterocycles. The number of aliphatic hydroxyl groups excluding tert-OH is 1. The maximum atomic E-state index is 12.6. The number of aromatic amines is 1. The maximum Gasteiger partial charge on any atom is 0.329 e. The van der Waals surface area contributed by atoms with E-state index in [-0.39, 0.29) is 0 Å². The third-order valence-electron chi connectivity index (χ3n) is 5.94. The van der Waals surface area contributed by atoms with Crippen molar-refractivity contribution < 1.29 is 5.11 Å². The average Bonchev–Trinajstić information content (AvgIpc) is 3.07. The van der Waals surface area contributed by atoms with Gasteiger partial charge in [0.25, 0.3) is 5.56 Å². The molecule has 2 saturated heterocycles. The Morgan fingerprint density at radius 3 is 2.32 bits per heavy atom. The summed E-state index contributed by atoms with van der Waals surface area (Å²) in [6.45, 7) is 4.64. The number of anilines is 1. The van der Waals surface area contributed by atoms with Gasteiger partial charge >= 0.3 is 5.69 Å². The molecule has 2 aromatic rings. The van der Waals surface area contributed by atoms with Crippen molar-refractivity contribution in [2.45, 2.75) is 51.2 Å². The summed E-state index contributed by atoms with van der Waals surface area (Å²) in [5.41, 5.74) is -0.180. The summed E-state index contributed by atoms with van der Waals surface area (Å²) in [6, 6.07) is 0. The number of aromatic nitrogens is 4. The zero-order valence-electron chi connectivity index (χ0n) is 16.6. The second-order valence-electron chi connectivity index (χ2n) is 8.08. The number of H-pyrrole nitrogens is 1. The SMILES string of the molecule is Cn1c(=O)[nH]c(=O)c2c1nc(N1CCCCC1)n2C[C@@H](O)CN1CCCCC1. The molecule has 0 aromatic carbocycles. The average molecular weight is 390 g/mol. The summed E-state index contributed by atoms with van der Waals surface area (Å²) in [5, 5.41) is 10.8. The van der Waals surface area contributed by atoms with E-state index in [0.717, 1.165) is 39.0 Å². The van der Waals surface area contributed by atoms with Crippen molar-refractivity contribution in [3.8, 4) is 0 Å². The lowest BCUT2D eigenvalue weighted by molar-refractivity contribution is 0.0893. The van der Waals surface area contributed by atoms with Crippen LogP contribution in [-0.2, 0) is 13.6 Å². The molecule has 0 saturated carbocycles. The van der Waals surface area contributed by atoms with Gasteiger partial charge in [-0.05, 0) is 45.2 Å². The van der Waals surface area contributed by atoms with Gasteiger partial charge in [0.05, 0.1) is 12.6 Å². The molecule has 2 fully saturated rings.